The van der Waals surface area contributed by atoms with E-state index in [0.717, 1.165) is 13.0 Å². The molecule has 2 amide bonds. The van der Waals surface area contributed by atoms with Crippen molar-refractivity contribution in [1.29, 1.82) is 0 Å². The largest absolute Gasteiger partial charge is 0.357 e. The molecule has 3 aliphatic rings. The molecule has 3 rings (SSSR count). The number of nitrogens with zero attached hydrogens (tertiary/aromatic N) is 2. The van der Waals surface area contributed by atoms with Crippen molar-refractivity contribution in [3.8, 4) is 0 Å². The van der Waals surface area contributed by atoms with Crippen LogP contribution in [-0.2, 0) is 9.59 Å². The SMILES string of the molecule is CCNC(=NC)NCCN1C(=O)C2C3C=CC(C3)C2C1=O.I. The summed E-state index contributed by atoms with van der Waals surface area (Å²) in [7, 11) is 1.70. The van der Waals surface area contributed by atoms with Gasteiger partial charge >= 0.3 is 0 Å². The van der Waals surface area contributed by atoms with Gasteiger partial charge in [0.15, 0.2) is 5.96 Å². The summed E-state index contributed by atoms with van der Waals surface area (Å²) >= 11 is 0. The van der Waals surface area contributed by atoms with Crippen molar-refractivity contribution in [2.24, 2.45) is 28.7 Å². The smallest absolute Gasteiger partial charge is 0.233 e. The van der Waals surface area contributed by atoms with Gasteiger partial charge < -0.3 is 10.6 Å². The second-order valence-corrected chi connectivity index (χ2v) is 5.86. The third kappa shape index (κ3) is 2.75. The van der Waals surface area contributed by atoms with Gasteiger partial charge in [0.05, 0.1) is 11.8 Å². The van der Waals surface area contributed by atoms with Crippen molar-refractivity contribution in [2.45, 2.75) is 13.3 Å². The molecule has 6 nitrogen and oxygen atoms in total. The van der Waals surface area contributed by atoms with E-state index in [1.807, 2.05) is 6.92 Å². The molecule has 1 aliphatic heterocycles. The molecular weight excluding hydrogens is 395 g/mol. The lowest BCUT2D eigenvalue weighted by Gasteiger charge is -2.18. The Kier molecular flexibility index (Phi) is 5.46. The number of amides is 2. The molecule has 2 N–H and O–H groups in total. The first-order valence-electron chi connectivity index (χ1n) is 7.65. The van der Waals surface area contributed by atoms with Crippen LogP contribution in [0.15, 0.2) is 17.1 Å². The minimum Gasteiger partial charge on any atom is -0.357 e. The van der Waals surface area contributed by atoms with Crippen LogP contribution < -0.4 is 10.6 Å². The molecule has 0 aromatic heterocycles. The Morgan fingerprint density at radius 2 is 1.82 bits per heavy atom. The Bertz CT molecular complexity index is 490. The second-order valence-electron chi connectivity index (χ2n) is 5.86. The quantitative estimate of drug-likeness (QED) is 0.231. The van der Waals surface area contributed by atoms with Gasteiger partial charge in [-0.2, -0.15) is 0 Å². The highest BCUT2D eigenvalue weighted by Crippen LogP contribution is 2.52. The Morgan fingerprint density at radius 1 is 1.23 bits per heavy atom. The summed E-state index contributed by atoms with van der Waals surface area (Å²) in [5.41, 5.74) is 0. The van der Waals surface area contributed by atoms with Crippen molar-refractivity contribution >= 4 is 41.8 Å². The average molecular weight is 418 g/mol. The Balaban J connectivity index is 0.00000176. The molecule has 0 aromatic carbocycles. The highest BCUT2D eigenvalue weighted by Gasteiger charge is 2.58. The van der Waals surface area contributed by atoms with E-state index in [4.69, 9.17) is 0 Å². The number of hydrogen-bond donors (Lipinski definition) is 2. The zero-order chi connectivity index (χ0) is 15.0. The van der Waals surface area contributed by atoms with Crippen LogP contribution in [-0.4, -0.2) is 49.4 Å². The maximum Gasteiger partial charge on any atom is 0.233 e. The third-order valence-corrected chi connectivity index (χ3v) is 4.76. The molecule has 0 spiro atoms. The topological polar surface area (TPSA) is 73.8 Å². The van der Waals surface area contributed by atoms with Crippen molar-refractivity contribution in [3.05, 3.63) is 12.2 Å². The molecule has 7 heteroatoms. The summed E-state index contributed by atoms with van der Waals surface area (Å²) < 4.78 is 0. The number of aliphatic imine (C=N–C) groups is 1. The van der Waals surface area contributed by atoms with Gasteiger partial charge in [0.25, 0.3) is 0 Å². The average Bonchev–Trinajstić information content (AvgIpc) is 3.15. The summed E-state index contributed by atoms with van der Waals surface area (Å²) in [6, 6.07) is 0. The fourth-order valence-corrected chi connectivity index (χ4v) is 3.86. The predicted molar refractivity (Wildman–Crippen MR) is 94.9 cm³/mol. The number of carbonyl (C=O) groups is 2. The van der Waals surface area contributed by atoms with E-state index in [0.29, 0.717) is 19.0 Å². The van der Waals surface area contributed by atoms with E-state index in [2.05, 4.69) is 27.8 Å². The van der Waals surface area contributed by atoms with Crippen LogP contribution in [0.3, 0.4) is 0 Å². The van der Waals surface area contributed by atoms with Gasteiger partial charge in [-0.05, 0) is 25.2 Å². The minimum absolute atomic E-state index is 0. The maximum absolute atomic E-state index is 12.5. The number of guanidine groups is 1. The van der Waals surface area contributed by atoms with E-state index >= 15 is 0 Å². The van der Waals surface area contributed by atoms with Gasteiger partial charge in [-0.25, -0.2) is 0 Å². The second kappa shape index (κ2) is 6.97. The van der Waals surface area contributed by atoms with Gasteiger partial charge in [0.1, 0.15) is 0 Å². The molecule has 0 aromatic rings. The standard InChI is InChI=1S/C15H22N4O2.HI/c1-3-17-15(16-2)18-6-7-19-13(20)11-9-4-5-10(8-9)12(11)14(19)21;/h4-5,9-12H,3,6-8H2,1-2H3,(H2,16,17,18);1H. The van der Waals surface area contributed by atoms with Crippen LogP contribution in [0.25, 0.3) is 0 Å². The fraction of sp³-hybridized carbons (Fsp3) is 0.667. The summed E-state index contributed by atoms with van der Waals surface area (Å²) in [6.45, 7) is 3.71. The van der Waals surface area contributed by atoms with Gasteiger partial charge in [-0.3, -0.25) is 19.5 Å². The summed E-state index contributed by atoms with van der Waals surface area (Å²) in [5, 5.41) is 6.20. The van der Waals surface area contributed by atoms with Gasteiger partial charge in [0.2, 0.25) is 11.8 Å². The summed E-state index contributed by atoms with van der Waals surface area (Å²) in [5.74, 6) is 1.09. The minimum atomic E-state index is -0.0967. The molecular formula is C15H23IN4O2. The molecule has 4 atom stereocenters. The number of nitrogens with one attached hydrogen (secondary N) is 2. The zero-order valence-corrected chi connectivity index (χ0v) is 15.2. The van der Waals surface area contributed by atoms with Crippen molar-refractivity contribution in [1.82, 2.24) is 15.5 Å². The number of likely N-dealkylation sites (tertiary alicyclic amines) is 1. The first-order chi connectivity index (χ1) is 10.2. The number of rotatable bonds is 4. The number of allylic oxidation sites excluding steroid dienone is 2. The molecule has 1 heterocycles. The number of carbonyl (C=O) groups excluding carboxylic acids is 2. The number of imide groups is 1. The van der Waals surface area contributed by atoms with E-state index in [1.165, 1.54) is 4.90 Å². The van der Waals surface area contributed by atoms with E-state index in [9.17, 15) is 9.59 Å². The van der Waals surface area contributed by atoms with E-state index < -0.39 is 0 Å². The monoisotopic (exact) mass is 418 g/mol. The van der Waals surface area contributed by atoms with Gasteiger partial charge in [-0.15, -0.1) is 24.0 Å². The Morgan fingerprint density at radius 3 is 2.32 bits per heavy atom. The molecule has 2 fully saturated rings. The molecule has 2 aliphatic carbocycles. The summed E-state index contributed by atoms with van der Waals surface area (Å²) in [6.07, 6.45) is 5.21. The highest BCUT2D eigenvalue weighted by atomic mass is 127. The lowest BCUT2D eigenvalue weighted by Crippen LogP contribution is -2.43. The Labute approximate surface area is 147 Å². The number of fused-ring (bicyclic) bond motifs is 5. The molecule has 0 radical (unpaired) electrons. The lowest BCUT2D eigenvalue weighted by molar-refractivity contribution is -0.140. The van der Waals surface area contributed by atoms with Crippen LogP contribution >= 0.6 is 24.0 Å². The first-order valence-corrected chi connectivity index (χ1v) is 7.65. The Hall–Kier alpha value is -1.12. The van der Waals surface area contributed by atoms with Crippen LogP contribution in [0, 0.1) is 23.7 Å². The fourth-order valence-electron chi connectivity index (χ4n) is 3.86. The molecule has 22 heavy (non-hydrogen) atoms. The molecule has 1 saturated carbocycles. The molecule has 2 bridgehead atoms. The van der Waals surface area contributed by atoms with Gasteiger partial charge in [0, 0.05) is 26.7 Å². The predicted octanol–water partition coefficient (Wildman–Crippen LogP) is 0.596. The van der Waals surface area contributed by atoms with Crippen LogP contribution in [0.5, 0.6) is 0 Å². The third-order valence-electron chi connectivity index (χ3n) is 4.76. The first kappa shape index (κ1) is 17.2. The van der Waals surface area contributed by atoms with Crippen LogP contribution in [0.4, 0.5) is 0 Å². The van der Waals surface area contributed by atoms with Crippen LogP contribution in [0.2, 0.25) is 0 Å². The molecule has 4 unspecified atom stereocenters. The van der Waals surface area contributed by atoms with Crippen molar-refractivity contribution < 1.29 is 9.59 Å². The van der Waals surface area contributed by atoms with E-state index in [1.54, 1.807) is 7.05 Å². The molecule has 1 saturated heterocycles. The summed E-state index contributed by atoms with van der Waals surface area (Å²) in [4.78, 5) is 30.4. The maximum atomic E-state index is 12.5. The zero-order valence-electron chi connectivity index (χ0n) is 12.9. The normalized spacial score (nSPS) is 32.3. The molecule has 122 valence electrons. The lowest BCUT2D eigenvalue weighted by atomic mass is 9.85. The van der Waals surface area contributed by atoms with Crippen molar-refractivity contribution in [2.75, 3.05) is 26.7 Å². The number of halogens is 1. The van der Waals surface area contributed by atoms with Crippen molar-refractivity contribution in [3.63, 3.8) is 0 Å². The highest BCUT2D eigenvalue weighted by molar-refractivity contribution is 14.0. The number of hydrogen-bond acceptors (Lipinski definition) is 3. The van der Waals surface area contributed by atoms with Crippen LogP contribution in [0.1, 0.15) is 13.3 Å². The van der Waals surface area contributed by atoms with E-state index in [-0.39, 0.29) is 59.5 Å². The van der Waals surface area contributed by atoms with Gasteiger partial charge in [-0.1, -0.05) is 12.2 Å².